The minimum absolute atomic E-state index is 0.875. The molecule has 254 valence electrons. The number of para-hydroxylation sites is 2. The predicted octanol–water partition coefficient (Wildman–Crippen LogP) is 14.2. The van der Waals surface area contributed by atoms with Crippen LogP contribution in [-0.2, 0) is 0 Å². The molecule has 0 aliphatic carbocycles. The molecule has 2 heterocycles. The van der Waals surface area contributed by atoms with E-state index in [0.717, 1.165) is 44.6 Å². The number of nitrogens with zero attached hydrogens (tertiary/aromatic N) is 3. The monoisotopic (exact) mass is 697 g/mol. The molecule has 11 aromatic rings. The fourth-order valence-electron chi connectivity index (χ4n) is 8.93. The largest absolute Gasteiger partial charge is 0.309 e. The van der Waals surface area contributed by atoms with Crippen LogP contribution in [0.25, 0.3) is 98.5 Å². The van der Waals surface area contributed by atoms with Crippen molar-refractivity contribution in [3.63, 3.8) is 0 Å². The first-order chi connectivity index (χ1) is 27.2. The Morgan fingerprint density at radius 3 is 1.80 bits per heavy atom. The number of aromatic nitrogens is 2. The van der Waals surface area contributed by atoms with Gasteiger partial charge in [0.1, 0.15) is 0 Å². The highest BCUT2D eigenvalue weighted by Gasteiger charge is 2.27. The number of hydrogen-bond donors (Lipinski definition) is 0. The predicted molar refractivity (Wildman–Crippen MR) is 232 cm³/mol. The summed E-state index contributed by atoms with van der Waals surface area (Å²) in [7, 11) is 0. The maximum atomic E-state index is 5.37. The van der Waals surface area contributed by atoms with E-state index in [2.05, 4.69) is 181 Å². The van der Waals surface area contributed by atoms with Crippen LogP contribution in [0.4, 0.5) is 17.1 Å². The summed E-state index contributed by atoms with van der Waals surface area (Å²) in [5.74, 6) is 0. The second kappa shape index (κ2) is 11.6. The van der Waals surface area contributed by atoms with E-state index in [1.54, 1.807) is 0 Å². The summed E-state index contributed by atoms with van der Waals surface area (Å²) in [6, 6.07) is 68.0. The minimum Gasteiger partial charge on any atom is -0.309 e. The van der Waals surface area contributed by atoms with Crippen LogP contribution in [0.3, 0.4) is 0 Å². The first kappa shape index (κ1) is 30.1. The topological polar surface area (TPSA) is 29.0 Å². The Labute approximate surface area is 317 Å². The van der Waals surface area contributed by atoms with E-state index in [1.807, 2.05) is 12.1 Å². The fraction of sp³-hybridized carbons (Fsp3) is 0. The van der Waals surface area contributed by atoms with E-state index in [4.69, 9.17) is 9.97 Å². The number of fused-ring (bicyclic) bond motifs is 8. The molecule has 0 spiro atoms. The van der Waals surface area contributed by atoms with E-state index >= 15 is 0 Å². The van der Waals surface area contributed by atoms with Gasteiger partial charge in [0.2, 0.25) is 0 Å². The van der Waals surface area contributed by atoms with Gasteiger partial charge in [-0.15, -0.1) is 0 Å². The first-order valence-electron chi connectivity index (χ1n) is 18.8. The molecule has 55 heavy (non-hydrogen) atoms. The van der Waals surface area contributed by atoms with Crippen LogP contribution in [0.1, 0.15) is 0 Å². The summed E-state index contributed by atoms with van der Waals surface area (Å²) >= 11 is 0. The molecule has 1 aliphatic heterocycles. The van der Waals surface area contributed by atoms with Crippen LogP contribution < -0.4 is 4.90 Å². The molecule has 0 bridgehead atoms. The van der Waals surface area contributed by atoms with Gasteiger partial charge < -0.3 is 4.90 Å². The van der Waals surface area contributed by atoms with Crippen LogP contribution in [0.2, 0.25) is 0 Å². The zero-order valence-corrected chi connectivity index (χ0v) is 29.7. The first-order valence-corrected chi connectivity index (χ1v) is 18.8. The van der Waals surface area contributed by atoms with Crippen molar-refractivity contribution in [3.8, 4) is 33.6 Å². The van der Waals surface area contributed by atoms with Crippen LogP contribution in [-0.4, -0.2) is 9.97 Å². The Balaban J connectivity index is 1.09. The molecule has 3 nitrogen and oxygen atoms in total. The SMILES string of the molecule is c1ccc2cc3c(cc2c1)-c1cccc2cccc(c12)N3c1ccc2ccc(-c3nc4ccccc4nc3-c3cc4ccccc4c4ccccc34)cc2c1. The number of hydrogen-bond acceptors (Lipinski definition) is 3. The highest BCUT2D eigenvalue weighted by atomic mass is 15.2. The lowest BCUT2D eigenvalue weighted by atomic mass is 9.89. The summed E-state index contributed by atoms with van der Waals surface area (Å²) in [5.41, 5.74) is 11.7. The number of rotatable bonds is 3. The molecule has 0 amide bonds. The lowest BCUT2D eigenvalue weighted by Crippen LogP contribution is -2.15. The molecule has 0 radical (unpaired) electrons. The minimum atomic E-state index is 0.875. The molecule has 0 unspecified atom stereocenters. The standard InChI is InChI=1S/C52H31N3/c1-2-12-35-31-49-44(29-34(35)11-1)43-19-9-14-33-15-10-22-48(50(33)43)55(49)39-26-25-32-23-24-37(27-38(32)28-39)51-52(54-47-21-8-7-20-46(47)53-51)45-30-36-13-3-4-16-40(36)41-17-5-6-18-42(41)45/h1-31H. The van der Waals surface area contributed by atoms with Crippen molar-refractivity contribution in [2.75, 3.05) is 4.90 Å². The molecule has 0 N–H and O–H groups in total. The third-order valence-corrected chi connectivity index (χ3v) is 11.5. The van der Waals surface area contributed by atoms with Crippen molar-refractivity contribution >= 4 is 82.0 Å². The number of benzene rings is 10. The summed E-state index contributed by atoms with van der Waals surface area (Å²) < 4.78 is 0. The molecule has 0 saturated carbocycles. The lowest BCUT2D eigenvalue weighted by molar-refractivity contribution is 1.29. The van der Waals surface area contributed by atoms with E-state index in [1.165, 1.54) is 71.0 Å². The molecular weight excluding hydrogens is 667 g/mol. The fourth-order valence-corrected chi connectivity index (χ4v) is 8.93. The summed E-state index contributed by atoms with van der Waals surface area (Å²) in [5, 5.41) is 12.1. The van der Waals surface area contributed by atoms with Gasteiger partial charge in [-0.25, -0.2) is 9.97 Å². The Hall–Kier alpha value is -7.36. The van der Waals surface area contributed by atoms with E-state index in [-0.39, 0.29) is 0 Å². The Kier molecular flexibility index (Phi) is 6.34. The molecule has 0 atom stereocenters. The second-order valence-electron chi connectivity index (χ2n) is 14.6. The van der Waals surface area contributed by atoms with Crippen molar-refractivity contribution < 1.29 is 0 Å². The van der Waals surface area contributed by atoms with Gasteiger partial charge in [0.15, 0.2) is 0 Å². The zero-order valence-electron chi connectivity index (χ0n) is 29.7. The van der Waals surface area contributed by atoms with Gasteiger partial charge in [0.05, 0.1) is 33.8 Å². The third-order valence-electron chi connectivity index (χ3n) is 11.5. The maximum absolute atomic E-state index is 5.37. The maximum Gasteiger partial charge on any atom is 0.0979 e. The average molecular weight is 698 g/mol. The van der Waals surface area contributed by atoms with Gasteiger partial charge in [-0.1, -0.05) is 133 Å². The van der Waals surface area contributed by atoms with E-state index in [0.29, 0.717) is 0 Å². The Morgan fingerprint density at radius 2 is 0.964 bits per heavy atom. The summed E-state index contributed by atoms with van der Waals surface area (Å²) in [6.45, 7) is 0. The lowest BCUT2D eigenvalue weighted by Gasteiger charge is -2.34. The van der Waals surface area contributed by atoms with Gasteiger partial charge in [-0.2, -0.15) is 0 Å². The Bertz CT molecular complexity index is 3390. The average Bonchev–Trinajstić information content (AvgIpc) is 3.25. The highest BCUT2D eigenvalue weighted by molar-refractivity contribution is 6.17. The number of anilines is 3. The molecule has 0 fully saturated rings. The van der Waals surface area contributed by atoms with Crippen molar-refractivity contribution in [2.45, 2.75) is 0 Å². The van der Waals surface area contributed by atoms with Crippen LogP contribution in [0.15, 0.2) is 188 Å². The third kappa shape index (κ3) is 4.57. The normalized spacial score (nSPS) is 12.3. The van der Waals surface area contributed by atoms with Gasteiger partial charge in [0, 0.05) is 27.8 Å². The van der Waals surface area contributed by atoms with Gasteiger partial charge in [-0.05, 0) is 109 Å². The molecule has 1 aromatic heterocycles. The van der Waals surface area contributed by atoms with Gasteiger partial charge in [0.25, 0.3) is 0 Å². The van der Waals surface area contributed by atoms with Crippen LogP contribution in [0.5, 0.6) is 0 Å². The summed E-state index contributed by atoms with van der Waals surface area (Å²) in [6.07, 6.45) is 0. The highest BCUT2D eigenvalue weighted by Crippen LogP contribution is 2.52. The Morgan fingerprint density at radius 1 is 0.327 bits per heavy atom. The second-order valence-corrected chi connectivity index (χ2v) is 14.6. The van der Waals surface area contributed by atoms with Crippen molar-refractivity contribution in [1.82, 2.24) is 9.97 Å². The van der Waals surface area contributed by atoms with E-state index < -0.39 is 0 Å². The van der Waals surface area contributed by atoms with Gasteiger partial charge >= 0.3 is 0 Å². The molecule has 1 aliphatic rings. The molecule has 0 saturated heterocycles. The smallest absolute Gasteiger partial charge is 0.0979 e. The van der Waals surface area contributed by atoms with Gasteiger partial charge in [-0.3, -0.25) is 0 Å². The van der Waals surface area contributed by atoms with E-state index in [9.17, 15) is 0 Å². The zero-order chi connectivity index (χ0) is 36.0. The van der Waals surface area contributed by atoms with Crippen LogP contribution in [0, 0.1) is 0 Å². The quantitative estimate of drug-likeness (QED) is 0.172. The van der Waals surface area contributed by atoms with Crippen LogP contribution >= 0.6 is 0 Å². The molecular formula is C52H31N3. The van der Waals surface area contributed by atoms with Crippen molar-refractivity contribution in [2.24, 2.45) is 0 Å². The molecule has 12 rings (SSSR count). The van der Waals surface area contributed by atoms with Crippen molar-refractivity contribution in [1.29, 1.82) is 0 Å². The molecule has 3 heteroatoms. The summed E-state index contributed by atoms with van der Waals surface area (Å²) in [4.78, 5) is 13.2. The molecule has 10 aromatic carbocycles. The van der Waals surface area contributed by atoms with Crippen molar-refractivity contribution in [3.05, 3.63) is 188 Å².